The van der Waals surface area contributed by atoms with Gasteiger partial charge in [-0.05, 0) is 25.1 Å². The Hall–Kier alpha value is -1.84. The second-order valence-corrected chi connectivity index (χ2v) is 7.70. The fourth-order valence-corrected chi connectivity index (χ4v) is 4.19. The van der Waals surface area contributed by atoms with Crippen molar-refractivity contribution in [2.24, 2.45) is 0 Å². The number of aromatic nitrogens is 2. The number of carbonyl (C=O) groups is 1. The molecule has 24 heavy (non-hydrogen) atoms. The highest BCUT2D eigenvalue weighted by Gasteiger charge is 2.11. The van der Waals surface area contributed by atoms with E-state index in [0.29, 0.717) is 16.4 Å². The number of thiazole rings is 2. The Balaban J connectivity index is 1.60. The second-order valence-electron chi connectivity index (χ2n) is 4.76. The van der Waals surface area contributed by atoms with Gasteiger partial charge < -0.3 is 5.32 Å². The number of amides is 1. The fraction of sp³-hybridized carbons (Fsp3) is 0.133. The number of anilines is 1. The molecule has 1 N–H and O–H groups in total. The summed E-state index contributed by atoms with van der Waals surface area (Å²) in [4.78, 5) is 20.4. The van der Waals surface area contributed by atoms with E-state index in [1.54, 1.807) is 5.38 Å². The van der Waals surface area contributed by atoms with Crippen LogP contribution in [0.3, 0.4) is 0 Å². The summed E-state index contributed by atoms with van der Waals surface area (Å²) in [7, 11) is 0. The minimum absolute atomic E-state index is 0.195. The normalized spacial score (nSPS) is 10.8. The Morgan fingerprint density at radius 1 is 1.21 bits per heavy atom. The van der Waals surface area contributed by atoms with E-state index in [4.69, 9.17) is 0 Å². The molecule has 1 amide bonds. The predicted molar refractivity (Wildman–Crippen MR) is 93.7 cm³/mol. The molecule has 0 aliphatic rings. The van der Waals surface area contributed by atoms with Gasteiger partial charge in [0.15, 0.2) is 21.1 Å². The monoisotopic (exact) mass is 383 g/mol. The molecule has 0 atom stereocenters. The standard InChI is InChI=1S/C15H11F2N3OS3/c1-8-5-23-15(18-8)24-7-13(21)20-14-19-12(6-22-14)9-2-3-10(16)11(17)4-9/h2-6H,7H2,1H3,(H,19,20,21). The summed E-state index contributed by atoms with van der Waals surface area (Å²) < 4.78 is 27.1. The molecule has 124 valence electrons. The Morgan fingerprint density at radius 3 is 2.75 bits per heavy atom. The summed E-state index contributed by atoms with van der Waals surface area (Å²) >= 11 is 4.08. The lowest BCUT2D eigenvalue weighted by molar-refractivity contribution is -0.113. The summed E-state index contributed by atoms with van der Waals surface area (Å²) in [6.07, 6.45) is 0. The van der Waals surface area contributed by atoms with Crippen LogP contribution in [0.4, 0.5) is 13.9 Å². The van der Waals surface area contributed by atoms with Gasteiger partial charge in [-0.1, -0.05) is 11.8 Å². The third-order valence-corrected chi connectivity index (χ3v) is 5.79. The minimum Gasteiger partial charge on any atom is -0.301 e. The lowest BCUT2D eigenvalue weighted by atomic mass is 10.2. The summed E-state index contributed by atoms with van der Waals surface area (Å²) in [5.74, 6) is -1.80. The maximum Gasteiger partial charge on any atom is 0.236 e. The van der Waals surface area contributed by atoms with Gasteiger partial charge in [0.05, 0.1) is 11.4 Å². The third-order valence-electron chi connectivity index (χ3n) is 2.89. The molecule has 0 saturated carbocycles. The number of nitrogens with one attached hydrogen (secondary N) is 1. The van der Waals surface area contributed by atoms with Crippen LogP contribution in [-0.4, -0.2) is 21.6 Å². The van der Waals surface area contributed by atoms with Gasteiger partial charge in [0.25, 0.3) is 0 Å². The third kappa shape index (κ3) is 4.16. The first-order valence-electron chi connectivity index (χ1n) is 6.77. The Morgan fingerprint density at radius 2 is 2.04 bits per heavy atom. The van der Waals surface area contributed by atoms with E-state index in [1.807, 2.05) is 12.3 Å². The molecule has 0 saturated heterocycles. The van der Waals surface area contributed by atoms with E-state index in [-0.39, 0.29) is 11.7 Å². The first-order chi connectivity index (χ1) is 11.5. The number of aryl methyl sites for hydroxylation is 1. The first kappa shape index (κ1) is 17.0. The molecule has 2 heterocycles. The number of thioether (sulfide) groups is 1. The van der Waals surface area contributed by atoms with Crippen molar-refractivity contribution < 1.29 is 13.6 Å². The van der Waals surface area contributed by atoms with Crippen molar-refractivity contribution in [3.05, 3.63) is 46.3 Å². The summed E-state index contributed by atoms with van der Waals surface area (Å²) in [5.41, 5.74) is 1.87. The number of carbonyl (C=O) groups excluding carboxylic acids is 1. The molecular weight excluding hydrogens is 372 g/mol. The molecule has 0 fully saturated rings. The van der Waals surface area contributed by atoms with Crippen LogP contribution in [0.5, 0.6) is 0 Å². The molecule has 3 rings (SSSR count). The Bertz CT molecular complexity index is 878. The number of hydrogen-bond donors (Lipinski definition) is 1. The minimum atomic E-state index is -0.929. The smallest absolute Gasteiger partial charge is 0.236 e. The van der Waals surface area contributed by atoms with Gasteiger partial charge in [0.2, 0.25) is 5.91 Å². The highest BCUT2D eigenvalue weighted by molar-refractivity contribution is 8.01. The van der Waals surface area contributed by atoms with Crippen molar-refractivity contribution in [3.8, 4) is 11.3 Å². The van der Waals surface area contributed by atoms with Crippen molar-refractivity contribution in [1.82, 2.24) is 9.97 Å². The molecule has 0 aliphatic carbocycles. The molecule has 0 unspecified atom stereocenters. The van der Waals surface area contributed by atoms with Gasteiger partial charge in [-0.3, -0.25) is 4.79 Å². The Labute approximate surface area is 149 Å². The molecule has 0 bridgehead atoms. The first-order valence-corrected chi connectivity index (χ1v) is 9.51. The van der Waals surface area contributed by atoms with Gasteiger partial charge in [-0.15, -0.1) is 22.7 Å². The average molecular weight is 383 g/mol. The topological polar surface area (TPSA) is 54.9 Å². The summed E-state index contributed by atoms with van der Waals surface area (Å²) in [6.45, 7) is 1.90. The highest BCUT2D eigenvalue weighted by Crippen LogP contribution is 2.27. The quantitative estimate of drug-likeness (QED) is 0.655. The number of benzene rings is 1. The van der Waals surface area contributed by atoms with Crippen LogP contribution in [-0.2, 0) is 4.79 Å². The van der Waals surface area contributed by atoms with Crippen LogP contribution in [0.1, 0.15) is 5.69 Å². The van der Waals surface area contributed by atoms with E-state index in [2.05, 4.69) is 15.3 Å². The van der Waals surface area contributed by atoms with Crippen molar-refractivity contribution in [3.63, 3.8) is 0 Å². The van der Waals surface area contributed by atoms with Gasteiger partial charge >= 0.3 is 0 Å². The van der Waals surface area contributed by atoms with Crippen LogP contribution in [0.2, 0.25) is 0 Å². The lowest BCUT2D eigenvalue weighted by Gasteiger charge is -2.00. The van der Waals surface area contributed by atoms with Crippen LogP contribution in [0, 0.1) is 18.6 Å². The zero-order valence-corrected chi connectivity index (χ0v) is 14.8. The van der Waals surface area contributed by atoms with Crippen LogP contribution >= 0.6 is 34.4 Å². The maximum atomic E-state index is 13.3. The van der Waals surface area contributed by atoms with Crippen molar-refractivity contribution in [2.45, 2.75) is 11.3 Å². The van der Waals surface area contributed by atoms with Crippen LogP contribution < -0.4 is 5.32 Å². The maximum absolute atomic E-state index is 13.3. The van der Waals surface area contributed by atoms with Crippen molar-refractivity contribution in [2.75, 3.05) is 11.1 Å². The molecule has 0 spiro atoms. The average Bonchev–Trinajstić information content (AvgIpc) is 3.17. The van der Waals surface area contributed by atoms with Crippen molar-refractivity contribution in [1.29, 1.82) is 0 Å². The van der Waals surface area contributed by atoms with E-state index in [0.717, 1.165) is 22.2 Å². The van der Waals surface area contributed by atoms with E-state index in [9.17, 15) is 13.6 Å². The number of rotatable bonds is 5. The highest BCUT2D eigenvalue weighted by atomic mass is 32.2. The van der Waals surface area contributed by atoms with E-state index < -0.39 is 11.6 Å². The van der Waals surface area contributed by atoms with Crippen LogP contribution in [0.15, 0.2) is 33.3 Å². The van der Waals surface area contributed by atoms with Gasteiger partial charge in [0.1, 0.15) is 0 Å². The Kier molecular flexibility index (Phi) is 5.22. The summed E-state index contributed by atoms with van der Waals surface area (Å²) in [6, 6.07) is 3.57. The second kappa shape index (κ2) is 7.37. The molecule has 4 nitrogen and oxygen atoms in total. The van der Waals surface area contributed by atoms with Gasteiger partial charge in [0, 0.05) is 22.0 Å². The largest absolute Gasteiger partial charge is 0.301 e. The number of nitrogens with zero attached hydrogens (tertiary/aromatic N) is 2. The fourth-order valence-electron chi connectivity index (χ4n) is 1.80. The van der Waals surface area contributed by atoms with E-state index >= 15 is 0 Å². The van der Waals surface area contributed by atoms with Crippen molar-refractivity contribution >= 4 is 45.5 Å². The molecule has 0 radical (unpaired) electrons. The van der Waals surface area contributed by atoms with Gasteiger partial charge in [-0.25, -0.2) is 18.7 Å². The molecule has 3 aromatic rings. The molecule has 0 aliphatic heterocycles. The predicted octanol–water partition coefficient (Wildman–Crippen LogP) is 4.58. The SMILES string of the molecule is Cc1csc(SCC(=O)Nc2nc(-c3ccc(F)c(F)c3)cs2)n1. The lowest BCUT2D eigenvalue weighted by Crippen LogP contribution is -2.13. The van der Waals surface area contributed by atoms with E-state index in [1.165, 1.54) is 40.5 Å². The number of halogens is 2. The zero-order valence-electron chi connectivity index (χ0n) is 12.4. The van der Waals surface area contributed by atoms with Gasteiger partial charge in [-0.2, -0.15) is 0 Å². The van der Waals surface area contributed by atoms with Crippen LogP contribution in [0.25, 0.3) is 11.3 Å². The summed E-state index contributed by atoms with van der Waals surface area (Å²) in [5, 5.41) is 6.71. The number of hydrogen-bond acceptors (Lipinski definition) is 6. The molecule has 1 aromatic carbocycles. The molecular formula is C15H11F2N3OS3. The zero-order chi connectivity index (χ0) is 17.1. The molecule has 9 heteroatoms. The molecule has 2 aromatic heterocycles.